The highest BCUT2D eigenvalue weighted by Crippen LogP contribution is 2.00. The highest BCUT2D eigenvalue weighted by molar-refractivity contribution is 5.13. The average Bonchev–Trinajstić information content (AvgIpc) is 1.91. The van der Waals surface area contributed by atoms with Gasteiger partial charge in [0, 0.05) is 19.3 Å². The Bertz CT molecular complexity index is 145. The Morgan fingerprint density at radius 1 is 1.50 bits per heavy atom. The first-order valence-electron chi connectivity index (χ1n) is 3.37. The van der Waals surface area contributed by atoms with Gasteiger partial charge in [0.25, 0.3) is 0 Å². The van der Waals surface area contributed by atoms with Gasteiger partial charge in [-0.05, 0) is 13.0 Å². The molecule has 0 bridgehead atoms. The first-order chi connectivity index (χ1) is 4.76. The average molecular weight is 137 g/mol. The Hall–Kier alpha value is -0.980. The monoisotopic (exact) mass is 137 g/mol. The Kier molecular flexibility index (Phi) is 4.38. The van der Waals surface area contributed by atoms with Gasteiger partial charge in [-0.25, -0.2) is 0 Å². The van der Waals surface area contributed by atoms with E-state index in [2.05, 4.69) is 18.1 Å². The van der Waals surface area contributed by atoms with Gasteiger partial charge in [-0.3, -0.25) is 0 Å². The molecule has 0 saturated heterocycles. The van der Waals surface area contributed by atoms with Crippen molar-refractivity contribution in [2.75, 3.05) is 13.6 Å². The lowest BCUT2D eigenvalue weighted by Crippen LogP contribution is -2.15. The minimum Gasteiger partial charge on any atom is -0.371 e. The summed E-state index contributed by atoms with van der Waals surface area (Å²) in [6.07, 6.45) is 5.73. The fourth-order valence-corrected chi connectivity index (χ4v) is 0.793. The van der Waals surface area contributed by atoms with Crippen molar-refractivity contribution in [3.05, 3.63) is 37.1 Å². The second-order valence-corrected chi connectivity index (χ2v) is 2.09. The Labute approximate surface area is 63.3 Å². The van der Waals surface area contributed by atoms with E-state index in [0.717, 1.165) is 12.2 Å². The highest BCUT2D eigenvalue weighted by atomic mass is 15.1. The third-order valence-electron chi connectivity index (χ3n) is 1.35. The molecule has 0 amide bonds. The number of nitrogens with zero attached hydrogens (tertiary/aromatic N) is 1. The summed E-state index contributed by atoms with van der Waals surface area (Å²) in [5.41, 5.74) is 1.14. The summed E-state index contributed by atoms with van der Waals surface area (Å²) in [7, 11) is 2.01. The van der Waals surface area contributed by atoms with E-state index in [0.29, 0.717) is 0 Å². The molecule has 10 heavy (non-hydrogen) atoms. The fourth-order valence-electron chi connectivity index (χ4n) is 0.793. The molecule has 0 aliphatic heterocycles. The molecule has 0 aromatic heterocycles. The van der Waals surface area contributed by atoms with Gasteiger partial charge >= 0.3 is 0 Å². The molecule has 0 aromatic carbocycles. The van der Waals surface area contributed by atoms with Gasteiger partial charge in [0.05, 0.1) is 0 Å². The molecule has 1 heteroatoms. The predicted octanol–water partition coefficient (Wildman–Crippen LogP) is 2.19. The van der Waals surface area contributed by atoms with E-state index in [4.69, 9.17) is 0 Å². The molecule has 0 heterocycles. The van der Waals surface area contributed by atoms with Crippen LogP contribution in [0.15, 0.2) is 37.1 Å². The van der Waals surface area contributed by atoms with Crippen molar-refractivity contribution in [2.45, 2.75) is 6.92 Å². The van der Waals surface area contributed by atoms with E-state index in [9.17, 15) is 0 Å². The molecule has 0 aliphatic rings. The van der Waals surface area contributed by atoms with Crippen molar-refractivity contribution in [3.63, 3.8) is 0 Å². The molecule has 0 N–H and O–H groups in total. The minimum atomic E-state index is 0.867. The zero-order valence-corrected chi connectivity index (χ0v) is 6.80. The van der Waals surface area contributed by atoms with E-state index >= 15 is 0 Å². The van der Waals surface area contributed by atoms with Crippen LogP contribution in [-0.4, -0.2) is 18.5 Å². The number of rotatable bonds is 4. The number of hydrogen-bond acceptors (Lipinski definition) is 1. The zero-order chi connectivity index (χ0) is 7.98. The Balaban J connectivity index is 4.01. The lowest BCUT2D eigenvalue weighted by Gasteiger charge is -2.17. The van der Waals surface area contributed by atoms with E-state index in [1.54, 1.807) is 0 Å². The molecule has 0 spiro atoms. The Morgan fingerprint density at radius 3 is 2.40 bits per heavy atom. The van der Waals surface area contributed by atoms with Crippen molar-refractivity contribution in [3.8, 4) is 0 Å². The van der Waals surface area contributed by atoms with E-state index in [1.165, 1.54) is 0 Å². The first-order valence-corrected chi connectivity index (χ1v) is 3.37. The molecule has 0 aliphatic carbocycles. The lowest BCUT2D eigenvalue weighted by atomic mass is 10.3. The maximum absolute atomic E-state index is 3.69. The van der Waals surface area contributed by atoms with Crippen LogP contribution in [0, 0.1) is 0 Å². The third-order valence-corrected chi connectivity index (χ3v) is 1.35. The van der Waals surface area contributed by atoms with Crippen molar-refractivity contribution in [2.24, 2.45) is 0 Å². The summed E-state index contributed by atoms with van der Waals surface area (Å²) in [4.78, 5) is 2.08. The maximum atomic E-state index is 3.69. The summed E-state index contributed by atoms with van der Waals surface area (Å²) < 4.78 is 0. The van der Waals surface area contributed by atoms with Gasteiger partial charge in [-0.15, -0.1) is 6.58 Å². The first kappa shape index (κ1) is 9.02. The van der Waals surface area contributed by atoms with Gasteiger partial charge in [0.2, 0.25) is 0 Å². The van der Waals surface area contributed by atoms with Gasteiger partial charge in [-0.1, -0.05) is 18.7 Å². The second kappa shape index (κ2) is 4.86. The van der Waals surface area contributed by atoms with E-state index < -0.39 is 0 Å². The quantitative estimate of drug-likeness (QED) is 0.424. The van der Waals surface area contributed by atoms with Gasteiger partial charge in [0.15, 0.2) is 0 Å². The predicted molar refractivity (Wildman–Crippen MR) is 46.8 cm³/mol. The van der Waals surface area contributed by atoms with Crippen LogP contribution in [0.4, 0.5) is 0 Å². The lowest BCUT2D eigenvalue weighted by molar-refractivity contribution is 0.479. The van der Waals surface area contributed by atoms with Crippen molar-refractivity contribution >= 4 is 0 Å². The topological polar surface area (TPSA) is 3.24 Å². The minimum absolute atomic E-state index is 0.867. The molecule has 0 rings (SSSR count). The van der Waals surface area contributed by atoms with E-state index in [-0.39, 0.29) is 0 Å². The van der Waals surface area contributed by atoms with Crippen LogP contribution in [0.2, 0.25) is 0 Å². The Morgan fingerprint density at radius 2 is 2.10 bits per heavy atom. The van der Waals surface area contributed by atoms with Gasteiger partial charge < -0.3 is 4.90 Å². The van der Waals surface area contributed by atoms with Crippen molar-refractivity contribution in [1.29, 1.82) is 0 Å². The molecule has 0 aromatic rings. The van der Waals surface area contributed by atoms with Crippen molar-refractivity contribution < 1.29 is 0 Å². The molecule has 0 fully saturated rings. The number of likely N-dealkylation sites (N-methyl/N-ethyl adjacent to an activating group) is 1. The summed E-state index contributed by atoms with van der Waals surface area (Å²) in [6, 6.07) is 0. The summed E-state index contributed by atoms with van der Waals surface area (Å²) in [5, 5.41) is 0. The van der Waals surface area contributed by atoms with Crippen LogP contribution >= 0.6 is 0 Å². The second-order valence-electron chi connectivity index (χ2n) is 2.09. The standard InChI is InChI=1S/C9H15N/c1-5-8-10(4)9(6-2)7-3/h5-7H,1-2,8H2,3-4H3. The summed E-state index contributed by atoms with van der Waals surface area (Å²) in [6.45, 7) is 10.2. The van der Waals surface area contributed by atoms with Crippen LogP contribution in [0.25, 0.3) is 0 Å². The molecule has 0 radical (unpaired) electrons. The SMILES string of the molecule is C=CCN(C)C(C=C)=CC. The largest absolute Gasteiger partial charge is 0.371 e. The summed E-state index contributed by atoms with van der Waals surface area (Å²) in [5.74, 6) is 0. The maximum Gasteiger partial charge on any atom is 0.0353 e. The highest BCUT2D eigenvalue weighted by Gasteiger charge is 1.93. The normalized spacial score (nSPS) is 10.8. The van der Waals surface area contributed by atoms with Crippen LogP contribution in [0.1, 0.15) is 6.92 Å². The van der Waals surface area contributed by atoms with Crippen LogP contribution in [0.5, 0.6) is 0 Å². The van der Waals surface area contributed by atoms with Crippen LogP contribution in [0.3, 0.4) is 0 Å². The molecule has 56 valence electrons. The van der Waals surface area contributed by atoms with Crippen LogP contribution in [-0.2, 0) is 0 Å². The fraction of sp³-hybridized carbons (Fsp3) is 0.333. The molecular weight excluding hydrogens is 122 g/mol. The molecule has 1 nitrogen and oxygen atoms in total. The smallest absolute Gasteiger partial charge is 0.0353 e. The third kappa shape index (κ3) is 2.53. The van der Waals surface area contributed by atoms with E-state index in [1.807, 2.05) is 32.2 Å². The molecule has 0 saturated carbocycles. The molecule has 0 atom stereocenters. The summed E-state index contributed by atoms with van der Waals surface area (Å²) >= 11 is 0. The van der Waals surface area contributed by atoms with Gasteiger partial charge in [0.1, 0.15) is 0 Å². The zero-order valence-electron chi connectivity index (χ0n) is 6.80. The van der Waals surface area contributed by atoms with Crippen molar-refractivity contribution in [1.82, 2.24) is 4.90 Å². The van der Waals surface area contributed by atoms with Gasteiger partial charge in [-0.2, -0.15) is 0 Å². The number of hydrogen-bond donors (Lipinski definition) is 0. The number of allylic oxidation sites excluding steroid dienone is 2. The molecule has 0 unspecified atom stereocenters. The molecular formula is C9H15N. The van der Waals surface area contributed by atoms with Crippen LogP contribution < -0.4 is 0 Å².